The van der Waals surface area contributed by atoms with Gasteiger partial charge in [0.1, 0.15) is 5.82 Å². The Bertz CT molecular complexity index is 510. The van der Waals surface area contributed by atoms with Gasteiger partial charge in [-0.1, -0.05) is 12.8 Å². The quantitative estimate of drug-likeness (QED) is 0.926. The van der Waals surface area contributed by atoms with E-state index < -0.39 is 0 Å². The molecule has 0 saturated carbocycles. The molecule has 1 aromatic carbocycles. The first kappa shape index (κ1) is 15.9. The van der Waals surface area contributed by atoms with E-state index in [-0.39, 0.29) is 18.0 Å². The van der Waals surface area contributed by atoms with Crippen molar-refractivity contribution in [3.8, 4) is 6.07 Å². The molecule has 0 aliphatic carbocycles. The van der Waals surface area contributed by atoms with Crippen molar-refractivity contribution in [1.82, 2.24) is 4.90 Å². The summed E-state index contributed by atoms with van der Waals surface area (Å²) in [5.74, 6) is -0.256. The lowest BCUT2D eigenvalue weighted by Crippen LogP contribution is -2.36. The molecule has 0 radical (unpaired) electrons. The maximum Gasteiger partial charge on any atom is 0.127 e. The van der Waals surface area contributed by atoms with Crippen LogP contribution in [0, 0.1) is 17.1 Å². The highest BCUT2D eigenvalue weighted by Crippen LogP contribution is 2.23. The molecule has 0 spiro atoms. The maximum atomic E-state index is 14.0. The minimum atomic E-state index is -0.342. The fourth-order valence-corrected chi connectivity index (χ4v) is 3.09. The van der Waals surface area contributed by atoms with E-state index in [0.29, 0.717) is 17.7 Å². The Morgan fingerprint density at radius 3 is 2.95 bits per heavy atom. The van der Waals surface area contributed by atoms with Crippen LogP contribution in [0.5, 0.6) is 0 Å². The molecule has 0 bridgehead atoms. The number of hydrogen-bond donors (Lipinski definition) is 1. The van der Waals surface area contributed by atoms with Crippen molar-refractivity contribution < 1.29 is 9.50 Å². The summed E-state index contributed by atoms with van der Waals surface area (Å²) in [5.41, 5.74) is 1.07. The average molecular weight is 290 g/mol. The molecule has 0 amide bonds. The van der Waals surface area contributed by atoms with Crippen LogP contribution in [0.15, 0.2) is 18.2 Å². The van der Waals surface area contributed by atoms with Gasteiger partial charge in [0.05, 0.1) is 17.7 Å². The molecule has 1 aliphatic heterocycles. The largest absolute Gasteiger partial charge is 0.393 e. The Morgan fingerprint density at radius 1 is 1.43 bits per heavy atom. The van der Waals surface area contributed by atoms with Crippen LogP contribution in [0.4, 0.5) is 4.39 Å². The van der Waals surface area contributed by atoms with Crippen molar-refractivity contribution in [2.75, 3.05) is 6.54 Å². The van der Waals surface area contributed by atoms with E-state index in [4.69, 9.17) is 5.26 Å². The normalized spacial score (nSPS) is 21.5. The average Bonchev–Trinajstić information content (AvgIpc) is 2.66. The van der Waals surface area contributed by atoms with E-state index in [1.807, 2.05) is 0 Å². The highest BCUT2D eigenvalue weighted by molar-refractivity contribution is 5.33. The second-order valence-corrected chi connectivity index (χ2v) is 5.98. The fourth-order valence-electron chi connectivity index (χ4n) is 3.09. The molecule has 114 valence electrons. The van der Waals surface area contributed by atoms with E-state index >= 15 is 0 Å². The lowest BCUT2D eigenvalue weighted by atomic mass is 10.0. The van der Waals surface area contributed by atoms with Crippen LogP contribution in [0.25, 0.3) is 0 Å². The fraction of sp³-hybridized carbons (Fsp3) is 0.588. The van der Waals surface area contributed by atoms with Gasteiger partial charge in [0.2, 0.25) is 0 Å². The Labute approximate surface area is 126 Å². The highest BCUT2D eigenvalue weighted by atomic mass is 19.1. The number of nitriles is 1. The topological polar surface area (TPSA) is 47.3 Å². The first-order valence-corrected chi connectivity index (χ1v) is 7.71. The van der Waals surface area contributed by atoms with Crippen LogP contribution >= 0.6 is 0 Å². The van der Waals surface area contributed by atoms with Crippen molar-refractivity contribution in [3.05, 3.63) is 35.1 Å². The maximum absolute atomic E-state index is 14.0. The zero-order chi connectivity index (χ0) is 15.2. The van der Waals surface area contributed by atoms with Crippen molar-refractivity contribution in [2.24, 2.45) is 0 Å². The van der Waals surface area contributed by atoms with Crippen LogP contribution in [0.1, 0.15) is 50.2 Å². The van der Waals surface area contributed by atoms with E-state index in [2.05, 4.69) is 11.0 Å². The van der Waals surface area contributed by atoms with Gasteiger partial charge in [0.25, 0.3) is 0 Å². The Balaban J connectivity index is 2.16. The SMILES string of the molecule is CC(O)CC1CCCCCN1Cc1cc(C#N)ccc1F. The van der Waals surface area contributed by atoms with Gasteiger partial charge in [-0.15, -0.1) is 0 Å². The summed E-state index contributed by atoms with van der Waals surface area (Å²) in [6.07, 6.45) is 4.88. The van der Waals surface area contributed by atoms with E-state index in [1.165, 1.54) is 18.6 Å². The summed E-state index contributed by atoms with van der Waals surface area (Å²) >= 11 is 0. The van der Waals surface area contributed by atoms with Crippen LogP contribution < -0.4 is 0 Å². The number of benzene rings is 1. The lowest BCUT2D eigenvalue weighted by molar-refractivity contribution is 0.107. The number of aliphatic hydroxyl groups excluding tert-OH is 1. The molecule has 1 saturated heterocycles. The third kappa shape index (κ3) is 4.52. The van der Waals surface area contributed by atoms with E-state index in [0.717, 1.165) is 32.2 Å². The summed E-state index contributed by atoms with van der Waals surface area (Å²) < 4.78 is 14.0. The molecule has 1 aliphatic rings. The molecule has 1 N–H and O–H groups in total. The van der Waals surface area contributed by atoms with Gasteiger partial charge in [0, 0.05) is 18.2 Å². The molecule has 1 aromatic rings. The van der Waals surface area contributed by atoms with Crippen LogP contribution in [0.2, 0.25) is 0 Å². The Morgan fingerprint density at radius 2 is 2.24 bits per heavy atom. The molecule has 0 aromatic heterocycles. The molecule has 2 rings (SSSR count). The number of likely N-dealkylation sites (tertiary alicyclic amines) is 1. The minimum absolute atomic E-state index is 0.256. The van der Waals surface area contributed by atoms with E-state index in [9.17, 15) is 9.50 Å². The molecule has 21 heavy (non-hydrogen) atoms. The molecule has 2 atom stereocenters. The number of hydrogen-bond acceptors (Lipinski definition) is 3. The van der Waals surface area contributed by atoms with Gasteiger partial charge in [0.15, 0.2) is 0 Å². The van der Waals surface area contributed by atoms with Crippen molar-refractivity contribution in [2.45, 2.75) is 57.7 Å². The Hall–Kier alpha value is -1.44. The zero-order valence-electron chi connectivity index (χ0n) is 12.6. The predicted molar refractivity (Wildman–Crippen MR) is 80.1 cm³/mol. The molecule has 1 fully saturated rings. The third-order valence-corrected chi connectivity index (χ3v) is 4.16. The van der Waals surface area contributed by atoms with Gasteiger partial charge in [-0.2, -0.15) is 5.26 Å². The molecule has 1 heterocycles. The van der Waals surface area contributed by atoms with Crippen LogP contribution in [-0.2, 0) is 6.54 Å². The predicted octanol–water partition coefficient (Wildman–Crippen LogP) is 3.21. The lowest BCUT2D eigenvalue weighted by Gasteiger charge is -2.31. The first-order chi connectivity index (χ1) is 10.1. The number of nitrogens with zero attached hydrogens (tertiary/aromatic N) is 2. The van der Waals surface area contributed by atoms with Crippen molar-refractivity contribution in [1.29, 1.82) is 5.26 Å². The van der Waals surface area contributed by atoms with E-state index in [1.54, 1.807) is 13.0 Å². The number of halogens is 1. The zero-order valence-corrected chi connectivity index (χ0v) is 12.6. The van der Waals surface area contributed by atoms with Gasteiger partial charge >= 0.3 is 0 Å². The first-order valence-electron chi connectivity index (χ1n) is 7.71. The minimum Gasteiger partial charge on any atom is -0.393 e. The van der Waals surface area contributed by atoms with Gasteiger partial charge in [-0.05, 0) is 50.9 Å². The second-order valence-electron chi connectivity index (χ2n) is 5.98. The molecular weight excluding hydrogens is 267 g/mol. The second kappa shape index (κ2) is 7.53. The number of rotatable bonds is 4. The summed E-state index contributed by atoms with van der Waals surface area (Å²) in [4.78, 5) is 2.26. The standard InChI is InChI=1S/C17H23FN2O/c1-13(21)9-16-5-3-2-4-8-20(16)12-15-10-14(11-19)6-7-17(15)18/h6-7,10,13,16,21H,2-5,8-9,12H2,1H3. The van der Waals surface area contributed by atoms with Gasteiger partial charge in [-0.3, -0.25) is 4.90 Å². The number of aliphatic hydroxyl groups is 1. The van der Waals surface area contributed by atoms with Gasteiger partial charge < -0.3 is 5.11 Å². The van der Waals surface area contributed by atoms with Crippen molar-refractivity contribution in [3.63, 3.8) is 0 Å². The third-order valence-electron chi connectivity index (χ3n) is 4.16. The molecule has 4 heteroatoms. The Kier molecular flexibility index (Phi) is 5.72. The highest BCUT2D eigenvalue weighted by Gasteiger charge is 2.23. The summed E-state index contributed by atoms with van der Waals surface area (Å²) in [5, 5.41) is 18.6. The summed E-state index contributed by atoms with van der Waals surface area (Å²) in [7, 11) is 0. The van der Waals surface area contributed by atoms with Gasteiger partial charge in [-0.25, -0.2) is 4.39 Å². The summed E-state index contributed by atoms with van der Waals surface area (Å²) in [6, 6.07) is 6.87. The van der Waals surface area contributed by atoms with Crippen LogP contribution in [-0.4, -0.2) is 28.7 Å². The molecule has 2 unspecified atom stereocenters. The van der Waals surface area contributed by atoms with Crippen LogP contribution in [0.3, 0.4) is 0 Å². The van der Waals surface area contributed by atoms with Crippen molar-refractivity contribution >= 4 is 0 Å². The molecular formula is C17H23FN2O. The summed E-state index contributed by atoms with van der Waals surface area (Å²) in [6.45, 7) is 3.24. The molecule has 3 nitrogen and oxygen atoms in total. The smallest absolute Gasteiger partial charge is 0.127 e. The monoisotopic (exact) mass is 290 g/mol.